The van der Waals surface area contributed by atoms with E-state index in [2.05, 4.69) is 0 Å². The second-order valence-electron chi connectivity index (χ2n) is 5.89. The van der Waals surface area contributed by atoms with Crippen molar-refractivity contribution in [2.45, 2.75) is 24.9 Å². The first-order valence-corrected chi connectivity index (χ1v) is 9.81. The molecule has 0 spiro atoms. The normalized spacial score (nSPS) is 19.3. The van der Waals surface area contributed by atoms with Crippen LogP contribution in [0.3, 0.4) is 0 Å². The number of aliphatic carboxylic acids is 1. The fraction of sp³-hybridized carbons (Fsp3) is 0.316. The molecule has 2 aromatic carbocycles. The zero-order valence-corrected chi connectivity index (χ0v) is 15.9. The first kappa shape index (κ1) is 18.9. The molecule has 1 aliphatic heterocycles. The SMILES string of the molecule is CCOc1cc([C@@H]2[NH2+][C@H](C(=O)[O-])CS2)ccc1OCc1ccccc1Cl. The molecule has 0 unspecified atom stereocenters. The Balaban J connectivity index is 1.74. The van der Waals surface area contributed by atoms with Crippen molar-refractivity contribution in [2.75, 3.05) is 12.4 Å². The number of carboxylic acids is 1. The lowest BCUT2D eigenvalue weighted by Gasteiger charge is -2.16. The van der Waals surface area contributed by atoms with Crippen LogP contribution < -0.4 is 19.9 Å². The van der Waals surface area contributed by atoms with Gasteiger partial charge in [-0.25, -0.2) is 0 Å². The maximum Gasteiger partial charge on any atom is 0.161 e. The molecule has 138 valence electrons. The number of hydrogen-bond acceptors (Lipinski definition) is 5. The quantitative estimate of drug-likeness (QED) is 0.775. The molecule has 1 saturated heterocycles. The predicted octanol–water partition coefficient (Wildman–Crippen LogP) is 1.75. The second-order valence-corrected chi connectivity index (χ2v) is 7.47. The van der Waals surface area contributed by atoms with Crippen LogP contribution in [0.1, 0.15) is 23.4 Å². The van der Waals surface area contributed by atoms with E-state index in [0.29, 0.717) is 35.5 Å². The third kappa shape index (κ3) is 4.44. The van der Waals surface area contributed by atoms with Crippen LogP contribution in [0.5, 0.6) is 11.5 Å². The lowest BCUT2D eigenvalue weighted by Crippen LogP contribution is -2.90. The van der Waals surface area contributed by atoms with Crippen LogP contribution in [0.2, 0.25) is 5.02 Å². The molecule has 1 aliphatic rings. The van der Waals surface area contributed by atoms with Crippen molar-refractivity contribution < 1.29 is 24.7 Å². The van der Waals surface area contributed by atoms with Crippen molar-refractivity contribution >= 4 is 29.3 Å². The highest BCUT2D eigenvalue weighted by atomic mass is 35.5. The van der Waals surface area contributed by atoms with Gasteiger partial charge in [0.1, 0.15) is 18.6 Å². The Kier molecular flexibility index (Phi) is 6.29. The summed E-state index contributed by atoms with van der Waals surface area (Å²) in [6, 6.07) is 12.7. The summed E-state index contributed by atoms with van der Waals surface area (Å²) in [5.74, 6) is 0.782. The average Bonchev–Trinajstić information content (AvgIpc) is 3.12. The number of hydrogen-bond donors (Lipinski definition) is 1. The summed E-state index contributed by atoms with van der Waals surface area (Å²) in [5.41, 5.74) is 1.89. The molecule has 1 heterocycles. The van der Waals surface area contributed by atoms with E-state index in [1.54, 1.807) is 11.8 Å². The Morgan fingerprint density at radius 1 is 1.27 bits per heavy atom. The molecule has 0 aromatic heterocycles. The number of carboxylic acid groups (broad SMARTS) is 1. The third-order valence-electron chi connectivity index (χ3n) is 4.10. The molecule has 2 N–H and O–H groups in total. The smallest absolute Gasteiger partial charge is 0.161 e. The molecule has 0 saturated carbocycles. The average molecular weight is 394 g/mol. The summed E-state index contributed by atoms with van der Waals surface area (Å²) < 4.78 is 11.6. The Labute approximate surface area is 161 Å². The number of quaternary nitrogens is 1. The van der Waals surface area contributed by atoms with Gasteiger partial charge in [-0.05, 0) is 31.2 Å². The molecule has 26 heavy (non-hydrogen) atoms. The first-order valence-electron chi connectivity index (χ1n) is 8.39. The minimum atomic E-state index is -1.02. The van der Waals surface area contributed by atoms with E-state index < -0.39 is 12.0 Å². The fourth-order valence-corrected chi connectivity index (χ4v) is 4.24. The highest BCUT2D eigenvalue weighted by Gasteiger charge is 2.31. The summed E-state index contributed by atoms with van der Waals surface area (Å²) in [6.07, 6.45) is 0. The van der Waals surface area contributed by atoms with E-state index in [9.17, 15) is 9.90 Å². The van der Waals surface area contributed by atoms with Crippen LogP contribution in [-0.4, -0.2) is 24.4 Å². The van der Waals surface area contributed by atoms with E-state index in [4.69, 9.17) is 21.1 Å². The van der Waals surface area contributed by atoms with Crippen molar-refractivity contribution in [2.24, 2.45) is 0 Å². The fourth-order valence-electron chi connectivity index (χ4n) is 2.74. The van der Waals surface area contributed by atoms with Crippen molar-refractivity contribution in [1.82, 2.24) is 0 Å². The van der Waals surface area contributed by atoms with Gasteiger partial charge in [0.2, 0.25) is 0 Å². The monoisotopic (exact) mass is 393 g/mol. The predicted molar refractivity (Wildman–Crippen MR) is 99.3 cm³/mol. The number of ether oxygens (including phenoxy) is 2. The number of nitrogens with two attached hydrogens (primary N) is 1. The van der Waals surface area contributed by atoms with Crippen LogP contribution >= 0.6 is 23.4 Å². The van der Waals surface area contributed by atoms with Gasteiger partial charge in [0.15, 0.2) is 16.9 Å². The number of halogens is 1. The van der Waals surface area contributed by atoms with Crippen molar-refractivity contribution in [1.29, 1.82) is 0 Å². The summed E-state index contributed by atoms with van der Waals surface area (Å²) in [6.45, 7) is 2.76. The first-order chi connectivity index (χ1) is 12.6. The van der Waals surface area contributed by atoms with E-state index >= 15 is 0 Å². The maximum atomic E-state index is 11.0. The summed E-state index contributed by atoms with van der Waals surface area (Å²) in [4.78, 5) is 11.0. The van der Waals surface area contributed by atoms with Gasteiger partial charge in [-0.1, -0.05) is 41.6 Å². The van der Waals surface area contributed by atoms with Gasteiger partial charge in [-0.3, -0.25) is 0 Å². The molecular weight excluding hydrogens is 374 g/mol. The topological polar surface area (TPSA) is 75.2 Å². The zero-order valence-electron chi connectivity index (χ0n) is 14.3. The van der Waals surface area contributed by atoms with Crippen molar-refractivity contribution in [3.05, 3.63) is 58.6 Å². The lowest BCUT2D eigenvalue weighted by atomic mass is 10.2. The zero-order chi connectivity index (χ0) is 18.5. The molecule has 0 radical (unpaired) electrons. The number of carbonyl (C=O) groups is 1. The van der Waals surface area contributed by atoms with Gasteiger partial charge in [0.25, 0.3) is 0 Å². The van der Waals surface area contributed by atoms with Crippen LogP contribution in [0, 0.1) is 0 Å². The van der Waals surface area contributed by atoms with Crippen molar-refractivity contribution in [3.8, 4) is 11.5 Å². The highest BCUT2D eigenvalue weighted by Crippen LogP contribution is 2.35. The van der Waals surface area contributed by atoms with Crippen LogP contribution in [0.15, 0.2) is 42.5 Å². The minimum Gasteiger partial charge on any atom is -0.544 e. The van der Waals surface area contributed by atoms with E-state index in [1.165, 1.54) is 0 Å². The lowest BCUT2D eigenvalue weighted by molar-refractivity contribution is -0.690. The van der Waals surface area contributed by atoms with Gasteiger partial charge in [-0.2, -0.15) is 0 Å². The molecule has 5 nitrogen and oxygen atoms in total. The second kappa shape index (κ2) is 8.66. The van der Waals surface area contributed by atoms with Crippen LogP contribution in [0.4, 0.5) is 0 Å². The summed E-state index contributed by atoms with van der Waals surface area (Å²) in [5, 5.41) is 13.5. The summed E-state index contributed by atoms with van der Waals surface area (Å²) >= 11 is 7.76. The Hall–Kier alpha value is -1.89. The molecule has 1 fully saturated rings. The number of carbonyl (C=O) groups excluding carboxylic acids is 1. The van der Waals surface area contributed by atoms with Gasteiger partial charge in [-0.15, -0.1) is 0 Å². The molecule has 7 heteroatoms. The van der Waals surface area contributed by atoms with Gasteiger partial charge in [0.05, 0.1) is 12.4 Å². The third-order valence-corrected chi connectivity index (χ3v) is 5.81. The summed E-state index contributed by atoms with van der Waals surface area (Å²) in [7, 11) is 0. The number of benzene rings is 2. The largest absolute Gasteiger partial charge is 0.544 e. The van der Waals surface area contributed by atoms with E-state index in [1.807, 2.05) is 54.7 Å². The van der Waals surface area contributed by atoms with Crippen LogP contribution in [0.25, 0.3) is 0 Å². The molecule has 2 aromatic rings. The van der Waals surface area contributed by atoms with E-state index in [-0.39, 0.29) is 5.37 Å². The number of rotatable bonds is 7. The Morgan fingerprint density at radius 3 is 2.77 bits per heavy atom. The Bertz CT molecular complexity index is 786. The molecule has 3 rings (SSSR count). The maximum absolute atomic E-state index is 11.0. The minimum absolute atomic E-state index is 0.00900. The van der Waals surface area contributed by atoms with Crippen molar-refractivity contribution in [3.63, 3.8) is 0 Å². The van der Waals surface area contributed by atoms with Gasteiger partial charge in [0, 0.05) is 16.1 Å². The molecular formula is C19H20ClNO4S. The molecule has 0 bridgehead atoms. The van der Waals surface area contributed by atoms with Gasteiger partial charge < -0.3 is 24.7 Å². The van der Waals surface area contributed by atoms with Crippen LogP contribution in [-0.2, 0) is 11.4 Å². The standard InChI is InChI=1S/C19H20ClNO4S/c1-2-24-17-9-12(18-21-15(11-26-18)19(22)23)7-8-16(17)25-10-13-5-3-4-6-14(13)20/h3-9,15,18,21H,2,10-11H2,1H3,(H,22,23)/t15-,18+/m0/s1. The number of thioether (sulfide) groups is 1. The van der Waals surface area contributed by atoms with Gasteiger partial charge >= 0.3 is 0 Å². The van der Waals surface area contributed by atoms with E-state index in [0.717, 1.165) is 11.1 Å². The molecule has 0 aliphatic carbocycles. The molecule has 0 amide bonds. The Morgan fingerprint density at radius 2 is 2.08 bits per heavy atom. The highest BCUT2D eigenvalue weighted by molar-refractivity contribution is 7.99. The molecule has 2 atom stereocenters.